The summed E-state index contributed by atoms with van der Waals surface area (Å²) >= 11 is 2.23. The van der Waals surface area contributed by atoms with Crippen LogP contribution in [0.15, 0.2) is 78.9 Å². The molecule has 0 spiro atoms. The number of aryl methyl sites for hydroxylation is 1. The number of nitrogens with one attached hydrogen (secondary N) is 1. The van der Waals surface area contributed by atoms with Crippen molar-refractivity contribution in [2.24, 2.45) is 0 Å². The van der Waals surface area contributed by atoms with E-state index in [0.29, 0.717) is 18.7 Å². The van der Waals surface area contributed by atoms with Gasteiger partial charge in [0.2, 0.25) is 5.91 Å². The molecule has 0 heterocycles. The Kier molecular flexibility index (Phi) is 9.32. The molecule has 3 rings (SSSR count). The fourth-order valence-electron chi connectivity index (χ4n) is 3.74. The molecular weight excluding hydrogens is 551 g/mol. The summed E-state index contributed by atoms with van der Waals surface area (Å²) in [5.41, 5.74) is 2.62. The van der Waals surface area contributed by atoms with Crippen molar-refractivity contribution in [2.75, 3.05) is 6.61 Å². The number of amides is 2. The lowest BCUT2D eigenvalue weighted by Crippen LogP contribution is -2.55. The van der Waals surface area contributed by atoms with Gasteiger partial charge >= 0.3 is 0 Å². The molecule has 184 valence electrons. The average molecular weight is 584 g/mol. The number of carbonyl (C=O) groups excluding carboxylic acids is 2. The standard InChI is InChI=1S/C29H33IN2O3/c1-21-10-8-9-13-23(21)19-32(27(33)20-35-25-16-14-24(30)15-17-25)26(28(34)31-29(2,3)4)18-22-11-6-5-7-12-22/h5-17,26H,18-20H2,1-4H3,(H,31,34)/t26-/m1/s1. The SMILES string of the molecule is Cc1ccccc1CN(C(=O)COc1ccc(I)cc1)[C@H](Cc1ccccc1)C(=O)NC(C)(C)C. The lowest BCUT2D eigenvalue weighted by atomic mass is 10.00. The minimum atomic E-state index is -0.691. The molecule has 2 amide bonds. The first-order chi connectivity index (χ1) is 16.6. The van der Waals surface area contributed by atoms with E-state index in [4.69, 9.17) is 4.74 Å². The van der Waals surface area contributed by atoms with Gasteiger partial charge in [-0.3, -0.25) is 9.59 Å². The van der Waals surface area contributed by atoms with E-state index in [0.717, 1.165) is 20.3 Å². The van der Waals surface area contributed by atoms with Crippen LogP contribution in [0, 0.1) is 10.5 Å². The number of hydrogen-bond donors (Lipinski definition) is 1. The summed E-state index contributed by atoms with van der Waals surface area (Å²) in [7, 11) is 0. The normalized spacial score (nSPS) is 12.0. The fourth-order valence-corrected chi connectivity index (χ4v) is 4.10. The lowest BCUT2D eigenvalue weighted by Gasteiger charge is -2.34. The molecular formula is C29H33IN2O3. The molecule has 5 nitrogen and oxygen atoms in total. The van der Waals surface area contributed by atoms with Gasteiger partial charge in [0.25, 0.3) is 5.91 Å². The maximum Gasteiger partial charge on any atom is 0.261 e. The molecule has 35 heavy (non-hydrogen) atoms. The molecule has 3 aromatic rings. The summed E-state index contributed by atoms with van der Waals surface area (Å²) in [5.74, 6) is 0.197. The summed E-state index contributed by atoms with van der Waals surface area (Å²) in [4.78, 5) is 28.8. The predicted molar refractivity (Wildman–Crippen MR) is 148 cm³/mol. The third-order valence-corrected chi connectivity index (χ3v) is 6.27. The zero-order chi connectivity index (χ0) is 25.4. The van der Waals surface area contributed by atoms with Crippen LogP contribution in [0.5, 0.6) is 5.75 Å². The molecule has 0 saturated carbocycles. The van der Waals surface area contributed by atoms with Crippen LogP contribution in [0.3, 0.4) is 0 Å². The summed E-state index contributed by atoms with van der Waals surface area (Å²) in [6.07, 6.45) is 0.407. The molecule has 0 aliphatic heterocycles. The molecule has 0 aromatic heterocycles. The van der Waals surface area contributed by atoms with Crippen molar-refractivity contribution in [3.8, 4) is 5.75 Å². The highest BCUT2D eigenvalue weighted by molar-refractivity contribution is 14.1. The summed E-state index contributed by atoms with van der Waals surface area (Å²) in [6, 6.07) is 24.6. The van der Waals surface area contributed by atoms with Crippen LogP contribution in [0.1, 0.15) is 37.5 Å². The van der Waals surface area contributed by atoms with Gasteiger partial charge < -0.3 is 15.0 Å². The number of hydrogen-bond acceptors (Lipinski definition) is 3. The van der Waals surface area contributed by atoms with Gasteiger partial charge in [-0.1, -0.05) is 54.6 Å². The van der Waals surface area contributed by atoms with Crippen LogP contribution in [0.25, 0.3) is 0 Å². The fraction of sp³-hybridized carbons (Fsp3) is 0.310. The summed E-state index contributed by atoms with van der Waals surface area (Å²) in [6.45, 7) is 8.01. The first kappa shape index (κ1) is 26.7. The minimum absolute atomic E-state index is 0.152. The Morgan fingerprint density at radius 2 is 1.57 bits per heavy atom. The Morgan fingerprint density at radius 3 is 2.20 bits per heavy atom. The Hall–Kier alpha value is -2.87. The van der Waals surface area contributed by atoms with Crippen LogP contribution < -0.4 is 10.1 Å². The highest BCUT2D eigenvalue weighted by Crippen LogP contribution is 2.19. The second-order valence-corrected chi connectivity index (χ2v) is 10.9. The number of carbonyl (C=O) groups is 2. The van der Waals surface area contributed by atoms with E-state index in [1.54, 1.807) is 4.90 Å². The van der Waals surface area contributed by atoms with Crippen molar-refractivity contribution in [3.05, 3.63) is 99.1 Å². The molecule has 0 aliphatic carbocycles. The van der Waals surface area contributed by atoms with Gasteiger partial charge in [0, 0.05) is 22.1 Å². The van der Waals surface area contributed by atoms with Gasteiger partial charge in [-0.2, -0.15) is 0 Å². The number of halogens is 1. The molecule has 0 radical (unpaired) electrons. The molecule has 6 heteroatoms. The third-order valence-electron chi connectivity index (χ3n) is 5.55. The van der Waals surface area contributed by atoms with E-state index < -0.39 is 11.6 Å². The van der Waals surface area contributed by atoms with Crippen molar-refractivity contribution >= 4 is 34.4 Å². The predicted octanol–water partition coefficient (Wildman–Crippen LogP) is 5.53. The molecule has 3 aromatic carbocycles. The highest BCUT2D eigenvalue weighted by Gasteiger charge is 2.32. The minimum Gasteiger partial charge on any atom is -0.484 e. The van der Waals surface area contributed by atoms with Gasteiger partial charge in [-0.25, -0.2) is 0 Å². The Balaban J connectivity index is 1.93. The highest BCUT2D eigenvalue weighted by atomic mass is 127. The smallest absolute Gasteiger partial charge is 0.261 e. The largest absolute Gasteiger partial charge is 0.484 e. The van der Waals surface area contributed by atoms with E-state index in [2.05, 4.69) is 27.9 Å². The van der Waals surface area contributed by atoms with Gasteiger partial charge in [-0.05, 0) is 91.2 Å². The second kappa shape index (κ2) is 12.2. The first-order valence-corrected chi connectivity index (χ1v) is 12.8. The zero-order valence-electron chi connectivity index (χ0n) is 20.8. The number of rotatable bonds is 9. The van der Waals surface area contributed by atoms with E-state index in [-0.39, 0.29) is 18.4 Å². The van der Waals surface area contributed by atoms with Crippen LogP contribution in [0.2, 0.25) is 0 Å². The maximum absolute atomic E-state index is 13.6. The van der Waals surface area contributed by atoms with Crippen molar-refractivity contribution < 1.29 is 14.3 Å². The van der Waals surface area contributed by atoms with Gasteiger partial charge in [0.05, 0.1) is 0 Å². The number of nitrogens with zero attached hydrogens (tertiary/aromatic N) is 1. The van der Waals surface area contributed by atoms with Gasteiger partial charge in [0.15, 0.2) is 6.61 Å². The summed E-state index contributed by atoms with van der Waals surface area (Å²) in [5, 5.41) is 3.08. The zero-order valence-corrected chi connectivity index (χ0v) is 22.9. The van der Waals surface area contributed by atoms with E-state index in [9.17, 15) is 9.59 Å². The first-order valence-electron chi connectivity index (χ1n) is 11.7. The topological polar surface area (TPSA) is 58.6 Å². The Bertz CT molecular complexity index is 1120. The number of benzene rings is 3. The molecule has 1 atom stereocenters. The molecule has 0 saturated heterocycles. The Morgan fingerprint density at radius 1 is 0.943 bits per heavy atom. The van der Waals surface area contributed by atoms with Gasteiger partial charge in [0.1, 0.15) is 11.8 Å². The molecule has 0 fully saturated rings. The molecule has 0 unspecified atom stereocenters. The van der Waals surface area contributed by atoms with E-state index in [1.165, 1.54) is 0 Å². The van der Waals surface area contributed by atoms with Crippen molar-refractivity contribution in [2.45, 2.75) is 52.2 Å². The second-order valence-electron chi connectivity index (χ2n) is 9.64. The third kappa shape index (κ3) is 8.38. The molecule has 0 bridgehead atoms. The van der Waals surface area contributed by atoms with Crippen molar-refractivity contribution in [1.82, 2.24) is 10.2 Å². The monoisotopic (exact) mass is 584 g/mol. The van der Waals surface area contributed by atoms with Crippen LogP contribution in [-0.2, 0) is 22.6 Å². The van der Waals surface area contributed by atoms with E-state index in [1.807, 2.05) is 107 Å². The average Bonchev–Trinajstić information content (AvgIpc) is 2.81. The summed E-state index contributed by atoms with van der Waals surface area (Å²) < 4.78 is 6.91. The van der Waals surface area contributed by atoms with Crippen LogP contribution >= 0.6 is 22.6 Å². The van der Waals surface area contributed by atoms with Crippen LogP contribution in [-0.4, -0.2) is 34.9 Å². The molecule has 1 N–H and O–H groups in total. The lowest BCUT2D eigenvalue weighted by molar-refractivity contribution is -0.143. The Labute approximate surface area is 222 Å². The van der Waals surface area contributed by atoms with E-state index >= 15 is 0 Å². The van der Waals surface area contributed by atoms with Crippen LogP contribution in [0.4, 0.5) is 0 Å². The maximum atomic E-state index is 13.6. The van der Waals surface area contributed by atoms with Crippen molar-refractivity contribution in [1.29, 1.82) is 0 Å². The van der Waals surface area contributed by atoms with Gasteiger partial charge in [-0.15, -0.1) is 0 Å². The molecule has 0 aliphatic rings. The number of ether oxygens (including phenoxy) is 1. The quantitative estimate of drug-likeness (QED) is 0.337. The van der Waals surface area contributed by atoms with Crippen molar-refractivity contribution in [3.63, 3.8) is 0 Å².